The highest BCUT2D eigenvalue weighted by molar-refractivity contribution is 5.95. The Morgan fingerprint density at radius 3 is 2.11 bits per heavy atom. The average Bonchev–Trinajstić information content (AvgIpc) is 2.67. The third kappa shape index (κ3) is 6.23. The van der Waals surface area contributed by atoms with Crippen molar-refractivity contribution in [1.29, 1.82) is 0 Å². The normalized spacial score (nSPS) is 19.3. The number of unbranched alkanes of at least 4 members (excludes halogenated alkanes) is 8. The smallest absolute Gasteiger partial charge is 0.197 e. The molecule has 1 aliphatic carbocycles. The van der Waals surface area contributed by atoms with Crippen LogP contribution in [0.2, 0.25) is 0 Å². The van der Waals surface area contributed by atoms with Gasteiger partial charge < -0.3 is 5.11 Å². The lowest BCUT2D eigenvalue weighted by Crippen LogP contribution is -1.98. The van der Waals surface area contributed by atoms with Gasteiger partial charge in [-0.25, -0.2) is 0 Å². The lowest BCUT2D eigenvalue weighted by atomic mass is 9.99. The Morgan fingerprint density at radius 2 is 1.61 bits per heavy atom. The number of rotatable bonds is 10. The number of allylic oxidation sites excluding steroid dienone is 2. The molecule has 0 aromatic rings. The summed E-state index contributed by atoms with van der Waals surface area (Å²) in [6.45, 7) is 2.25. The summed E-state index contributed by atoms with van der Waals surface area (Å²) in [5, 5.41) is 9.22. The van der Waals surface area contributed by atoms with Crippen LogP contribution in [0.1, 0.15) is 77.6 Å². The SMILES string of the molecule is CCCCCCCCCCCC1C=C(O)C(=O)C1. The summed E-state index contributed by atoms with van der Waals surface area (Å²) in [5.41, 5.74) is 0. The molecule has 0 heterocycles. The fourth-order valence-electron chi connectivity index (χ4n) is 2.62. The Morgan fingerprint density at radius 1 is 1.06 bits per heavy atom. The van der Waals surface area contributed by atoms with Gasteiger partial charge in [0.15, 0.2) is 11.5 Å². The van der Waals surface area contributed by atoms with E-state index in [0.29, 0.717) is 12.3 Å². The molecule has 2 heteroatoms. The highest BCUT2D eigenvalue weighted by Crippen LogP contribution is 2.24. The monoisotopic (exact) mass is 252 g/mol. The maximum atomic E-state index is 11.1. The molecule has 1 unspecified atom stereocenters. The third-order valence-corrected chi connectivity index (χ3v) is 3.81. The maximum Gasteiger partial charge on any atom is 0.197 e. The molecule has 1 rings (SSSR count). The Labute approximate surface area is 111 Å². The van der Waals surface area contributed by atoms with Gasteiger partial charge in [0, 0.05) is 6.42 Å². The lowest BCUT2D eigenvalue weighted by Gasteiger charge is -2.05. The number of aliphatic hydroxyl groups is 1. The van der Waals surface area contributed by atoms with Gasteiger partial charge in [0.25, 0.3) is 0 Å². The summed E-state index contributed by atoms with van der Waals surface area (Å²) in [7, 11) is 0. The van der Waals surface area contributed by atoms with Crippen LogP contribution in [-0.4, -0.2) is 10.9 Å². The van der Waals surface area contributed by atoms with E-state index in [0.717, 1.165) is 6.42 Å². The largest absolute Gasteiger partial charge is 0.505 e. The van der Waals surface area contributed by atoms with Gasteiger partial charge in [-0.2, -0.15) is 0 Å². The summed E-state index contributed by atoms with van der Waals surface area (Å²) < 4.78 is 0. The number of hydrogen-bond acceptors (Lipinski definition) is 2. The van der Waals surface area contributed by atoms with E-state index in [1.807, 2.05) is 0 Å². The number of aliphatic hydroxyl groups excluding tert-OH is 1. The molecular formula is C16H28O2. The van der Waals surface area contributed by atoms with Crippen molar-refractivity contribution in [1.82, 2.24) is 0 Å². The number of ketones is 1. The Kier molecular flexibility index (Phi) is 7.79. The highest BCUT2D eigenvalue weighted by atomic mass is 16.3. The molecule has 0 fully saturated rings. The van der Waals surface area contributed by atoms with Crippen molar-refractivity contribution in [2.45, 2.75) is 77.6 Å². The molecule has 0 bridgehead atoms. The molecule has 0 amide bonds. The molecule has 0 aromatic carbocycles. The van der Waals surface area contributed by atoms with Crippen LogP contribution in [0.25, 0.3) is 0 Å². The number of Topliss-reactive ketones (excluding diaryl/α,β-unsaturated/α-hetero) is 1. The van der Waals surface area contributed by atoms with Crippen LogP contribution in [0, 0.1) is 5.92 Å². The second-order valence-electron chi connectivity index (χ2n) is 5.56. The topological polar surface area (TPSA) is 37.3 Å². The quantitative estimate of drug-likeness (QED) is 0.559. The second-order valence-corrected chi connectivity index (χ2v) is 5.56. The minimum atomic E-state index is -0.0732. The van der Waals surface area contributed by atoms with Crippen LogP contribution >= 0.6 is 0 Å². The van der Waals surface area contributed by atoms with E-state index in [-0.39, 0.29) is 11.5 Å². The predicted molar refractivity (Wildman–Crippen MR) is 75.7 cm³/mol. The van der Waals surface area contributed by atoms with Crippen LogP contribution in [0.5, 0.6) is 0 Å². The predicted octanol–water partition coefficient (Wildman–Crippen LogP) is 4.94. The van der Waals surface area contributed by atoms with Crippen LogP contribution in [0.3, 0.4) is 0 Å². The molecule has 104 valence electrons. The van der Waals surface area contributed by atoms with Crippen molar-refractivity contribution in [3.8, 4) is 0 Å². The molecule has 0 saturated carbocycles. The van der Waals surface area contributed by atoms with Gasteiger partial charge in [0.1, 0.15) is 0 Å². The van der Waals surface area contributed by atoms with Gasteiger partial charge in [0.05, 0.1) is 0 Å². The molecular weight excluding hydrogens is 224 g/mol. The molecule has 0 aromatic heterocycles. The van der Waals surface area contributed by atoms with Gasteiger partial charge in [-0.1, -0.05) is 64.7 Å². The van der Waals surface area contributed by atoms with Crippen LogP contribution in [0.4, 0.5) is 0 Å². The summed E-state index contributed by atoms with van der Waals surface area (Å²) >= 11 is 0. The van der Waals surface area contributed by atoms with Crippen molar-refractivity contribution < 1.29 is 9.90 Å². The van der Waals surface area contributed by atoms with Crippen molar-refractivity contribution >= 4 is 5.78 Å². The van der Waals surface area contributed by atoms with Gasteiger partial charge in [0.2, 0.25) is 0 Å². The van der Waals surface area contributed by atoms with E-state index in [2.05, 4.69) is 6.92 Å². The number of hydrogen-bond donors (Lipinski definition) is 1. The van der Waals surface area contributed by atoms with Crippen molar-refractivity contribution in [3.05, 3.63) is 11.8 Å². The van der Waals surface area contributed by atoms with E-state index >= 15 is 0 Å². The van der Waals surface area contributed by atoms with Gasteiger partial charge in [-0.05, 0) is 18.4 Å². The highest BCUT2D eigenvalue weighted by Gasteiger charge is 2.22. The van der Waals surface area contributed by atoms with E-state index in [1.54, 1.807) is 6.08 Å². The minimum Gasteiger partial charge on any atom is -0.505 e. The Bertz CT molecular complexity index is 268. The average molecular weight is 252 g/mol. The van der Waals surface area contributed by atoms with Crippen LogP contribution in [-0.2, 0) is 4.79 Å². The van der Waals surface area contributed by atoms with E-state index in [4.69, 9.17) is 0 Å². The molecule has 18 heavy (non-hydrogen) atoms. The standard InChI is InChI=1S/C16H28O2/c1-2-3-4-5-6-7-8-9-10-11-14-12-15(17)16(18)13-14/h12,14,17H,2-11,13H2,1H3. The first-order chi connectivity index (χ1) is 8.74. The van der Waals surface area contributed by atoms with Crippen molar-refractivity contribution in [2.75, 3.05) is 0 Å². The van der Waals surface area contributed by atoms with Gasteiger partial charge in [-0.3, -0.25) is 4.79 Å². The molecule has 1 atom stereocenters. The first-order valence-corrected chi connectivity index (χ1v) is 7.68. The second kappa shape index (κ2) is 9.18. The maximum absolute atomic E-state index is 11.1. The first-order valence-electron chi connectivity index (χ1n) is 7.68. The van der Waals surface area contributed by atoms with Crippen molar-refractivity contribution in [2.24, 2.45) is 5.92 Å². The summed E-state index contributed by atoms with van der Waals surface area (Å²) in [4.78, 5) is 11.1. The molecule has 0 saturated heterocycles. The summed E-state index contributed by atoms with van der Waals surface area (Å²) in [6, 6.07) is 0. The first kappa shape index (κ1) is 15.3. The third-order valence-electron chi connectivity index (χ3n) is 3.81. The molecule has 0 aliphatic heterocycles. The zero-order chi connectivity index (χ0) is 13.2. The Balaban J connectivity index is 1.86. The fourth-order valence-corrected chi connectivity index (χ4v) is 2.62. The van der Waals surface area contributed by atoms with Crippen LogP contribution < -0.4 is 0 Å². The Hall–Kier alpha value is -0.790. The fraction of sp³-hybridized carbons (Fsp3) is 0.812. The van der Waals surface area contributed by atoms with Gasteiger partial charge >= 0.3 is 0 Å². The molecule has 1 N–H and O–H groups in total. The summed E-state index contributed by atoms with van der Waals surface area (Å²) in [6.07, 6.45) is 15.3. The van der Waals surface area contributed by atoms with Crippen molar-refractivity contribution in [3.63, 3.8) is 0 Å². The van der Waals surface area contributed by atoms with Crippen LogP contribution in [0.15, 0.2) is 11.8 Å². The summed E-state index contributed by atoms with van der Waals surface area (Å²) in [5.74, 6) is 0.230. The minimum absolute atomic E-state index is 0.00377. The van der Waals surface area contributed by atoms with E-state index in [9.17, 15) is 9.90 Å². The molecule has 0 radical (unpaired) electrons. The van der Waals surface area contributed by atoms with Gasteiger partial charge in [-0.15, -0.1) is 0 Å². The molecule has 2 nitrogen and oxygen atoms in total. The lowest BCUT2D eigenvalue weighted by molar-refractivity contribution is -0.117. The molecule has 1 aliphatic rings. The number of carbonyl (C=O) groups excluding carboxylic acids is 1. The zero-order valence-electron chi connectivity index (χ0n) is 11.8. The van der Waals surface area contributed by atoms with E-state index < -0.39 is 0 Å². The molecule has 0 spiro atoms. The number of carbonyl (C=O) groups is 1. The van der Waals surface area contributed by atoms with E-state index in [1.165, 1.54) is 57.8 Å². The zero-order valence-corrected chi connectivity index (χ0v) is 11.8.